The van der Waals surface area contributed by atoms with Crippen LogP contribution in [0.5, 0.6) is 0 Å². The van der Waals surface area contributed by atoms with Crippen LogP contribution >= 0.6 is 11.6 Å². The Balaban J connectivity index is 1.27. The van der Waals surface area contributed by atoms with Crippen molar-refractivity contribution in [1.82, 2.24) is 15.1 Å². The minimum Gasteiger partial charge on any atom is -0.459 e. The van der Waals surface area contributed by atoms with E-state index >= 15 is 0 Å². The van der Waals surface area contributed by atoms with Crippen LogP contribution in [0.15, 0.2) is 84.1 Å². The van der Waals surface area contributed by atoms with E-state index in [1.807, 2.05) is 0 Å². The second-order valence-corrected chi connectivity index (χ2v) is 11.6. The van der Waals surface area contributed by atoms with Crippen molar-refractivity contribution in [2.45, 2.75) is 39.3 Å². The number of benzene rings is 3. The number of anilines is 1. The summed E-state index contributed by atoms with van der Waals surface area (Å²) in [6.07, 6.45) is 0.0519. The molecule has 10 nitrogen and oxygen atoms in total. The molecule has 3 aromatic rings. The third-order valence-corrected chi connectivity index (χ3v) is 7.91. The Hall–Kier alpha value is -4.96. The van der Waals surface area contributed by atoms with Gasteiger partial charge in [0.2, 0.25) is 0 Å². The van der Waals surface area contributed by atoms with E-state index in [1.54, 1.807) is 106 Å². The molecule has 2 heterocycles. The predicted molar refractivity (Wildman–Crippen MR) is 169 cm³/mol. The number of ether oxygens (including phenoxy) is 1. The van der Waals surface area contributed by atoms with Crippen LogP contribution in [0.3, 0.4) is 0 Å². The fourth-order valence-corrected chi connectivity index (χ4v) is 5.75. The zero-order valence-electron chi connectivity index (χ0n) is 25.4. The lowest BCUT2D eigenvalue weighted by Gasteiger charge is -2.38. The topological polar surface area (TPSA) is 116 Å². The minimum atomic E-state index is -0.737. The third kappa shape index (κ3) is 6.32. The predicted octanol–water partition coefficient (Wildman–Crippen LogP) is 5.59. The zero-order chi connectivity index (χ0) is 32.4. The van der Waals surface area contributed by atoms with Gasteiger partial charge in [0.05, 0.1) is 34.5 Å². The van der Waals surface area contributed by atoms with Gasteiger partial charge in [-0.3, -0.25) is 14.4 Å². The molecule has 0 aromatic heterocycles. The number of urea groups is 1. The first-order valence-corrected chi connectivity index (χ1v) is 14.9. The number of nitrogens with zero attached hydrogens (tertiary/aromatic N) is 3. The summed E-state index contributed by atoms with van der Waals surface area (Å²) < 4.78 is 5.52. The quantitative estimate of drug-likeness (QED) is 0.244. The van der Waals surface area contributed by atoms with E-state index in [4.69, 9.17) is 16.3 Å². The number of carbonyl (C=O) groups is 5. The molecule has 1 N–H and O–H groups in total. The number of halogens is 1. The molecule has 0 spiro atoms. The molecule has 0 fully saturated rings. The van der Waals surface area contributed by atoms with Crippen molar-refractivity contribution in [3.05, 3.63) is 111 Å². The molecule has 2 aliphatic heterocycles. The SMILES string of the molecule is CC1=C(C(=O)OC(C)C)C(c2cccc(Cl)c2)N(CCCN(C)C(=O)c2ccc(N3C(=O)c4ccccc4C3=O)cc2)C(=O)N1. The number of allylic oxidation sites excluding steroid dienone is 1. The molecular formula is C34H33ClN4O6. The van der Waals surface area contributed by atoms with Crippen molar-refractivity contribution in [3.63, 3.8) is 0 Å². The highest BCUT2D eigenvalue weighted by atomic mass is 35.5. The summed E-state index contributed by atoms with van der Waals surface area (Å²) in [5.74, 6) is -1.62. The molecule has 3 aromatic carbocycles. The lowest BCUT2D eigenvalue weighted by Crippen LogP contribution is -2.49. The first-order chi connectivity index (χ1) is 21.5. The standard InChI is InChI=1S/C34H33ClN4O6/c1-20(2)45-33(43)28-21(3)36-34(44)38(29(28)23-9-7-10-24(35)19-23)18-8-17-37(4)30(40)22-13-15-25(16-14-22)39-31(41)26-11-5-6-12-27(26)32(39)42/h5-7,9-16,19-20,29H,8,17-18H2,1-4H3,(H,36,44). The summed E-state index contributed by atoms with van der Waals surface area (Å²) in [5.41, 5.74) is 2.82. The van der Waals surface area contributed by atoms with E-state index in [0.717, 1.165) is 4.90 Å². The number of imide groups is 1. The number of hydrogen-bond acceptors (Lipinski definition) is 6. The molecule has 0 bridgehead atoms. The van der Waals surface area contributed by atoms with E-state index in [0.29, 0.717) is 57.2 Å². The summed E-state index contributed by atoms with van der Waals surface area (Å²) in [6, 6.07) is 18.8. The van der Waals surface area contributed by atoms with Crippen molar-refractivity contribution < 1.29 is 28.7 Å². The minimum absolute atomic E-state index is 0.227. The summed E-state index contributed by atoms with van der Waals surface area (Å²) in [5, 5.41) is 3.24. The molecular weight excluding hydrogens is 596 g/mol. The van der Waals surface area contributed by atoms with Crippen LogP contribution in [0.25, 0.3) is 0 Å². The maximum atomic E-state index is 13.2. The van der Waals surface area contributed by atoms with Crippen molar-refractivity contribution in [2.24, 2.45) is 0 Å². The Morgan fingerprint density at radius 1 is 0.956 bits per heavy atom. The van der Waals surface area contributed by atoms with Gasteiger partial charge in [0, 0.05) is 36.4 Å². The largest absolute Gasteiger partial charge is 0.459 e. The van der Waals surface area contributed by atoms with Crippen LogP contribution in [0.2, 0.25) is 5.02 Å². The lowest BCUT2D eigenvalue weighted by molar-refractivity contribution is -0.143. The molecule has 232 valence electrons. The molecule has 5 rings (SSSR count). The van der Waals surface area contributed by atoms with Crippen LogP contribution in [0.1, 0.15) is 69.9 Å². The second-order valence-electron chi connectivity index (χ2n) is 11.2. The van der Waals surface area contributed by atoms with Gasteiger partial charge in [0.1, 0.15) is 0 Å². The number of fused-ring (bicyclic) bond motifs is 1. The first kappa shape index (κ1) is 31.5. The Kier molecular flexibility index (Phi) is 9.06. The van der Waals surface area contributed by atoms with Gasteiger partial charge in [-0.1, -0.05) is 35.9 Å². The number of carbonyl (C=O) groups excluding carboxylic acids is 5. The van der Waals surface area contributed by atoms with Crippen LogP contribution in [-0.4, -0.2) is 65.8 Å². The maximum Gasteiger partial charge on any atom is 0.338 e. The van der Waals surface area contributed by atoms with E-state index in [9.17, 15) is 24.0 Å². The van der Waals surface area contributed by atoms with Crippen LogP contribution in [0.4, 0.5) is 10.5 Å². The number of rotatable bonds is 9. The lowest BCUT2D eigenvalue weighted by atomic mass is 9.93. The van der Waals surface area contributed by atoms with Crippen molar-refractivity contribution >= 4 is 47.0 Å². The van der Waals surface area contributed by atoms with Gasteiger partial charge >= 0.3 is 12.0 Å². The smallest absolute Gasteiger partial charge is 0.338 e. The molecule has 0 saturated carbocycles. The van der Waals surface area contributed by atoms with Crippen LogP contribution in [0, 0.1) is 0 Å². The Morgan fingerprint density at radius 2 is 1.60 bits per heavy atom. The normalized spacial score (nSPS) is 16.2. The van der Waals surface area contributed by atoms with E-state index < -0.39 is 23.8 Å². The number of hydrogen-bond donors (Lipinski definition) is 1. The summed E-state index contributed by atoms with van der Waals surface area (Å²) in [7, 11) is 1.65. The van der Waals surface area contributed by atoms with Crippen molar-refractivity contribution in [2.75, 3.05) is 25.0 Å². The van der Waals surface area contributed by atoms with Gasteiger partial charge < -0.3 is 19.9 Å². The molecule has 0 radical (unpaired) electrons. The van der Waals surface area contributed by atoms with Gasteiger partial charge in [-0.2, -0.15) is 0 Å². The van der Waals surface area contributed by atoms with Gasteiger partial charge in [-0.05, 0) is 81.3 Å². The average Bonchev–Trinajstić information content (AvgIpc) is 3.26. The Bertz CT molecular complexity index is 1680. The molecule has 11 heteroatoms. The van der Waals surface area contributed by atoms with Gasteiger partial charge in [0.25, 0.3) is 17.7 Å². The van der Waals surface area contributed by atoms with E-state index in [-0.39, 0.29) is 24.6 Å². The zero-order valence-corrected chi connectivity index (χ0v) is 26.1. The van der Waals surface area contributed by atoms with Crippen LogP contribution < -0.4 is 10.2 Å². The van der Waals surface area contributed by atoms with E-state index in [1.165, 1.54) is 4.90 Å². The molecule has 0 saturated heterocycles. The highest BCUT2D eigenvalue weighted by Crippen LogP contribution is 2.36. The molecule has 1 unspecified atom stereocenters. The van der Waals surface area contributed by atoms with Crippen molar-refractivity contribution in [1.29, 1.82) is 0 Å². The molecule has 0 aliphatic carbocycles. The average molecular weight is 629 g/mol. The van der Waals surface area contributed by atoms with Gasteiger partial charge in [0.15, 0.2) is 0 Å². The molecule has 5 amide bonds. The summed E-state index contributed by atoms with van der Waals surface area (Å²) in [6.45, 7) is 5.71. The van der Waals surface area contributed by atoms with Gasteiger partial charge in [-0.15, -0.1) is 0 Å². The van der Waals surface area contributed by atoms with E-state index in [2.05, 4.69) is 5.32 Å². The fourth-order valence-electron chi connectivity index (χ4n) is 5.55. The van der Waals surface area contributed by atoms with Gasteiger partial charge in [-0.25, -0.2) is 14.5 Å². The number of esters is 1. The monoisotopic (exact) mass is 628 g/mol. The third-order valence-electron chi connectivity index (χ3n) is 7.68. The fraction of sp³-hybridized carbons (Fsp3) is 0.265. The number of nitrogens with one attached hydrogen (secondary N) is 1. The number of amides is 5. The summed E-state index contributed by atoms with van der Waals surface area (Å²) >= 11 is 6.29. The Morgan fingerprint density at radius 3 is 2.20 bits per heavy atom. The molecule has 45 heavy (non-hydrogen) atoms. The second kappa shape index (κ2) is 13.0. The van der Waals surface area contributed by atoms with Crippen molar-refractivity contribution in [3.8, 4) is 0 Å². The highest BCUT2D eigenvalue weighted by Gasteiger charge is 2.39. The highest BCUT2D eigenvalue weighted by molar-refractivity contribution is 6.34. The first-order valence-electron chi connectivity index (χ1n) is 14.6. The Labute approximate surface area is 266 Å². The molecule has 1 atom stereocenters. The molecule has 2 aliphatic rings. The van der Waals surface area contributed by atoms with Crippen LogP contribution in [-0.2, 0) is 9.53 Å². The maximum absolute atomic E-state index is 13.2. The summed E-state index contributed by atoms with van der Waals surface area (Å²) in [4.78, 5) is 69.5.